The van der Waals surface area contributed by atoms with Crippen LogP contribution in [0.25, 0.3) is 0 Å². The Hall–Kier alpha value is -2.73. The van der Waals surface area contributed by atoms with Gasteiger partial charge in [0.05, 0.1) is 13.1 Å². The summed E-state index contributed by atoms with van der Waals surface area (Å²) in [5.74, 6) is -0.632. The van der Waals surface area contributed by atoms with E-state index in [1.807, 2.05) is 36.1 Å². The van der Waals surface area contributed by atoms with Crippen molar-refractivity contribution in [2.45, 2.75) is 19.4 Å². The summed E-state index contributed by atoms with van der Waals surface area (Å²) in [5, 5.41) is 2.70. The summed E-state index contributed by atoms with van der Waals surface area (Å²) < 4.78 is 12.9. The molecule has 2 aromatic rings. The summed E-state index contributed by atoms with van der Waals surface area (Å²) in [7, 11) is 1.73. The minimum absolute atomic E-state index is 0.0282. The predicted octanol–water partition coefficient (Wildman–Crippen LogP) is 2.67. The minimum atomic E-state index is -0.356. The molecular weight excluding hydrogens is 333 g/mol. The number of carbonyl (C=O) groups is 2. The molecule has 0 spiro atoms. The van der Waals surface area contributed by atoms with Crippen molar-refractivity contribution in [3.63, 3.8) is 0 Å². The van der Waals surface area contributed by atoms with E-state index in [1.54, 1.807) is 11.9 Å². The highest BCUT2D eigenvalue weighted by Crippen LogP contribution is 2.31. The van der Waals surface area contributed by atoms with Crippen molar-refractivity contribution in [3.05, 3.63) is 59.9 Å². The maximum atomic E-state index is 12.9. The number of likely N-dealkylation sites (N-methyl/N-ethyl adjacent to an activating group) is 1. The van der Waals surface area contributed by atoms with Crippen LogP contribution >= 0.6 is 0 Å². The molecule has 0 aromatic heterocycles. The van der Waals surface area contributed by atoms with Gasteiger partial charge in [0.2, 0.25) is 11.8 Å². The Morgan fingerprint density at radius 2 is 1.85 bits per heavy atom. The van der Waals surface area contributed by atoms with Crippen LogP contribution in [0, 0.1) is 5.82 Å². The summed E-state index contributed by atoms with van der Waals surface area (Å²) >= 11 is 0. The molecule has 0 bridgehead atoms. The number of carbonyl (C=O) groups excluding carboxylic acids is 2. The average molecular weight is 355 g/mol. The molecule has 5 nitrogen and oxygen atoms in total. The van der Waals surface area contributed by atoms with Gasteiger partial charge in [0.1, 0.15) is 5.82 Å². The predicted molar refractivity (Wildman–Crippen MR) is 99.6 cm³/mol. The van der Waals surface area contributed by atoms with E-state index in [9.17, 15) is 14.0 Å². The summed E-state index contributed by atoms with van der Waals surface area (Å²) in [6.07, 6.45) is 0.844. The Morgan fingerprint density at radius 3 is 2.58 bits per heavy atom. The molecule has 0 aliphatic carbocycles. The van der Waals surface area contributed by atoms with Crippen molar-refractivity contribution >= 4 is 23.2 Å². The first-order valence-corrected chi connectivity index (χ1v) is 8.58. The maximum Gasteiger partial charge on any atom is 0.241 e. The fourth-order valence-electron chi connectivity index (χ4n) is 3.29. The lowest BCUT2D eigenvalue weighted by Crippen LogP contribution is -2.43. The molecule has 1 aliphatic heterocycles. The molecule has 1 heterocycles. The fraction of sp³-hybridized carbons (Fsp3) is 0.300. The lowest BCUT2D eigenvalue weighted by molar-refractivity contribution is -0.121. The van der Waals surface area contributed by atoms with Gasteiger partial charge in [-0.05, 0) is 56.3 Å². The topological polar surface area (TPSA) is 52.7 Å². The number of hydrogen-bond donors (Lipinski definition) is 1. The zero-order chi connectivity index (χ0) is 18.7. The second-order valence-corrected chi connectivity index (χ2v) is 6.67. The Labute approximate surface area is 152 Å². The molecule has 2 amide bonds. The van der Waals surface area contributed by atoms with Crippen LogP contribution in [0.5, 0.6) is 0 Å². The van der Waals surface area contributed by atoms with Gasteiger partial charge in [-0.2, -0.15) is 0 Å². The zero-order valence-corrected chi connectivity index (χ0v) is 14.9. The van der Waals surface area contributed by atoms with Gasteiger partial charge in [0, 0.05) is 17.4 Å². The van der Waals surface area contributed by atoms with Gasteiger partial charge in [-0.1, -0.05) is 18.2 Å². The van der Waals surface area contributed by atoms with Gasteiger partial charge in [0.25, 0.3) is 0 Å². The van der Waals surface area contributed by atoms with Gasteiger partial charge < -0.3 is 10.2 Å². The molecular formula is C20H22FN3O2. The van der Waals surface area contributed by atoms with E-state index in [0.29, 0.717) is 5.69 Å². The number of anilines is 2. The van der Waals surface area contributed by atoms with E-state index in [1.165, 1.54) is 29.8 Å². The second-order valence-electron chi connectivity index (χ2n) is 6.67. The summed E-state index contributed by atoms with van der Waals surface area (Å²) in [5.41, 5.74) is 2.65. The van der Waals surface area contributed by atoms with Crippen LogP contribution in [0.1, 0.15) is 12.5 Å². The van der Waals surface area contributed by atoms with E-state index in [0.717, 1.165) is 12.1 Å². The SMILES string of the molecule is C[C@H]1Cc2ccccc2N1C(=O)CN(C)CC(=O)Nc1ccc(F)cc1. The third-order valence-corrected chi connectivity index (χ3v) is 4.42. The van der Waals surface area contributed by atoms with Crippen LogP contribution in [0.4, 0.5) is 15.8 Å². The Morgan fingerprint density at radius 1 is 1.15 bits per heavy atom. The number of halogens is 1. The number of nitrogens with one attached hydrogen (secondary N) is 1. The van der Waals surface area contributed by atoms with Crippen molar-refractivity contribution in [3.8, 4) is 0 Å². The molecule has 3 rings (SSSR count). The number of benzene rings is 2. The number of amides is 2. The largest absolute Gasteiger partial charge is 0.325 e. The summed E-state index contributed by atoms with van der Waals surface area (Å²) in [6, 6.07) is 13.6. The van der Waals surface area contributed by atoms with Crippen LogP contribution in [-0.4, -0.2) is 42.9 Å². The number of fused-ring (bicyclic) bond motifs is 1. The molecule has 26 heavy (non-hydrogen) atoms. The van der Waals surface area contributed by atoms with Gasteiger partial charge in [0.15, 0.2) is 0 Å². The van der Waals surface area contributed by atoms with Crippen molar-refractivity contribution in [1.82, 2.24) is 4.90 Å². The van der Waals surface area contributed by atoms with Gasteiger partial charge in [-0.3, -0.25) is 14.5 Å². The first-order valence-electron chi connectivity index (χ1n) is 8.58. The lowest BCUT2D eigenvalue weighted by atomic mass is 10.1. The van der Waals surface area contributed by atoms with Crippen LogP contribution in [0.15, 0.2) is 48.5 Å². The smallest absolute Gasteiger partial charge is 0.241 e. The zero-order valence-electron chi connectivity index (χ0n) is 14.9. The third kappa shape index (κ3) is 4.08. The van der Waals surface area contributed by atoms with E-state index in [4.69, 9.17) is 0 Å². The minimum Gasteiger partial charge on any atom is -0.325 e. The highest BCUT2D eigenvalue weighted by atomic mass is 19.1. The van der Waals surface area contributed by atoms with Gasteiger partial charge in [-0.15, -0.1) is 0 Å². The number of hydrogen-bond acceptors (Lipinski definition) is 3. The van der Waals surface area contributed by atoms with Crippen molar-refractivity contribution < 1.29 is 14.0 Å². The molecule has 6 heteroatoms. The Balaban J connectivity index is 1.56. The quantitative estimate of drug-likeness (QED) is 0.897. The van der Waals surface area contributed by atoms with Gasteiger partial charge >= 0.3 is 0 Å². The van der Waals surface area contributed by atoms with E-state index >= 15 is 0 Å². The van der Waals surface area contributed by atoms with Crippen LogP contribution < -0.4 is 10.2 Å². The van der Waals surface area contributed by atoms with Crippen molar-refractivity contribution in [2.75, 3.05) is 30.4 Å². The molecule has 1 N–H and O–H groups in total. The summed E-state index contributed by atoms with van der Waals surface area (Å²) in [4.78, 5) is 28.3. The normalized spacial score (nSPS) is 15.8. The summed E-state index contributed by atoms with van der Waals surface area (Å²) in [6.45, 7) is 2.25. The molecule has 1 aliphatic rings. The monoisotopic (exact) mass is 355 g/mol. The molecule has 0 fully saturated rings. The van der Waals surface area contributed by atoms with E-state index in [2.05, 4.69) is 5.32 Å². The lowest BCUT2D eigenvalue weighted by Gasteiger charge is -2.25. The first-order chi connectivity index (χ1) is 12.4. The Bertz CT molecular complexity index is 807. The van der Waals surface area contributed by atoms with Crippen molar-refractivity contribution in [1.29, 1.82) is 0 Å². The fourth-order valence-corrected chi connectivity index (χ4v) is 3.29. The second kappa shape index (κ2) is 7.66. The molecule has 0 radical (unpaired) electrons. The Kier molecular flexibility index (Phi) is 5.32. The van der Waals surface area contributed by atoms with Gasteiger partial charge in [-0.25, -0.2) is 4.39 Å². The van der Waals surface area contributed by atoms with Crippen LogP contribution in [0.2, 0.25) is 0 Å². The molecule has 1 atom stereocenters. The van der Waals surface area contributed by atoms with Crippen molar-refractivity contribution in [2.24, 2.45) is 0 Å². The van der Waals surface area contributed by atoms with E-state index < -0.39 is 0 Å². The standard InChI is InChI=1S/C20H22FN3O2/c1-14-11-15-5-3-4-6-18(15)24(14)20(26)13-23(2)12-19(25)22-17-9-7-16(21)8-10-17/h3-10,14H,11-13H2,1-2H3,(H,22,25)/t14-/m0/s1. The highest BCUT2D eigenvalue weighted by Gasteiger charge is 2.30. The number of nitrogens with zero attached hydrogens (tertiary/aromatic N) is 2. The highest BCUT2D eigenvalue weighted by molar-refractivity contribution is 5.98. The first kappa shape index (κ1) is 18.1. The maximum absolute atomic E-state index is 12.9. The third-order valence-electron chi connectivity index (χ3n) is 4.42. The molecule has 136 valence electrons. The van der Waals surface area contributed by atoms with Crippen LogP contribution in [0.3, 0.4) is 0 Å². The molecule has 0 unspecified atom stereocenters. The molecule has 0 saturated heterocycles. The average Bonchev–Trinajstić information content (AvgIpc) is 2.92. The van der Waals surface area contributed by atoms with Crippen LogP contribution in [-0.2, 0) is 16.0 Å². The molecule has 2 aromatic carbocycles. The number of rotatable bonds is 5. The number of para-hydroxylation sites is 1. The molecule has 0 saturated carbocycles. The van der Waals surface area contributed by atoms with E-state index in [-0.39, 0.29) is 36.8 Å².